The lowest BCUT2D eigenvalue weighted by molar-refractivity contribution is -0.134. The molecule has 1 fully saturated rings. The largest absolute Gasteiger partial charge is 0.351 e. The van der Waals surface area contributed by atoms with Gasteiger partial charge < -0.3 is 10.2 Å². The average Bonchev–Trinajstić information content (AvgIpc) is 3.52. The first-order chi connectivity index (χ1) is 16.8. The van der Waals surface area contributed by atoms with Crippen molar-refractivity contribution in [3.05, 3.63) is 64.0 Å². The van der Waals surface area contributed by atoms with Crippen molar-refractivity contribution < 1.29 is 9.59 Å². The summed E-state index contributed by atoms with van der Waals surface area (Å²) in [5, 5.41) is 10.1. The number of carbonyl (C=O) groups excluding carboxylic acids is 2. The van der Waals surface area contributed by atoms with Crippen LogP contribution in [0.1, 0.15) is 79.7 Å². The lowest BCUT2D eigenvalue weighted by atomic mass is 9.91. The summed E-state index contributed by atoms with van der Waals surface area (Å²) in [4.78, 5) is 30.4. The van der Waals surface area contributed by atoms with Gasteiger partial charge in [-0.25, -0.2) is 0 Å². The van der Waals surface area contributed by atoms with Gasteiger partial charge in [0, 0.05) is 16.5 Å². The molecule has 1 saturated carbocycles. The van der Waals surface area contributed by atoms with Crippen molar-refractivity contribution >= 4 is 23.2 Å². The number of nitrogens with one attached hydrogen (secondary N) is 1. The topological polar surface area (TPSA) is 67.2 Å². The van der Waals surface area contributed by atoms with Crippen LogP contribution in [0, 0.1) is 0 Å². The highest BCUT2D eigenvalue weighted by molar-refractivity contribution is 7.09. The van der Waals surface area contributed by atoms with Gasteiger partial charge in [0.1, 0.15) is 11.2 Å². The number of hydrogen-bond acceptors (Lipinski definition) is 4. The van der Waals surface area contributed by atoms with Crippen molar-refractivity contribution in [1.29, 1.82) is 0 Å². The van der Waals surface area contributed by atoms with Crippen molar-refractivity contribution in [1.82, 2.24) is 20.0 Å². The van der Waals surface area contributed by atoms with E-state index in [1.807, 2.05) is 30.5 Å². The second kappa shape index (κ2) is 9.61. The predicted octanol–water partition coefficient (Wildman–Crippen LogP) is 5.60. The van der Waals surface area contributed by atoms with E-state index in [4.69, 9.17) is 5.10 Å². The quantitative estimate of drug-likeness (QED) is 0.489. The van der Waals surface area contributed by atoms with Gasteiger partial charge in [0.2, 0.25) is 5.91 Å². The van der Waals surface area contributed by atoms with Crippen LogP contribution in [0.2, 0.25) is 0 Å². The summed E-state index contributed by atoms with van der Waals surface area (Å²) in [6.07, 6.45) is 5.52. The van der Waals surface area contributed by atoms with E-state index in [9.17, 15) is 9.59 Å². The van der Waals surface area contributed by atoms with Gasteiger partial charge in [0.05, 0.1) is 18.8 Å². The Labute approximate surface area is 211 Å². The fraction of sp³-hybridized carbons (Fsp3) is 0.464. The number of nitrogens with zero attached hydrogens (tertiary/aromatic N) is 3. The molecule has 1 atom stereocenters. The zero-order chi connectivity index (χ0) is 24.6. The van der Waals surface area contributed by atoms with Crippen LogP contribution in [0.5, 0.6) is 0 Å². The van der Waals surface area contributed by atoms with E-state index >= 15 is 0 Å². The molecule has 0 bridgehead atoms. The van der Waals surface area contributed by atoms with E-state index in [1.165, 1.54) is 12.0 Å². The Balaban J connectivity index is 1.48. The minimum Gasteiger partial charge on any atom is -0.351 e. The van der Waals surface area contributed by atoms with Crippen LogP contribution in [0.25, 0.3) is 11.3 Å². The second-order valence-corrected chi connectivity index (χ2v) is 11.4. The Bertz CT molecular complexity index is 1190. The number of aromatic nitrogens is 2. The average molecular weight is 491 g/mol. The van der Waals surface area contributed by atoms with Crippen molar-refractivity contribution in [2.75, 3.05) is 0 Å². The number of benzene rings is 1. The molecule has 2 amide bonds. The number of rotatable bonds is 6. The van der Waals surface area contributed by atoms with Gasteiger partial charge in [0.15, 0.2) is 0 Å². The van der Waals surface area contributed by atoms with Crippen LogP contribution >= 0.6 is 11.3 Å². The normalized spacial score (nSPS) is 20.8. The zero-order valence-electron chi connectivity index (χ0n) is 20.8. The lowest BCUT2D eigenvalue weighted by Crippen LogP contribution is -2.64. The fourth-order valence-electron chi connectivity index (χ4n) is 5.22. The minimum absolute atomic E-state index is 0.0849. The summed E-state index contributed by atoms with van der Waals surface area (Å²) in [6.45, 7) is 6.98. The van der Waals surface area contributed by atoms with Gasteiger partial charge >= 0.3 is 0 Å². The number of thiophene rings is 1. The fourth-order valence-corrected chi connectivity index (χ4v) is 5.91. The van der Waals surface area contributed by atoms with Crippen LogP contribution in [0.3, 0.4) is 0 Å². The van der Waals surface area contributed by atoms with Crippen LogP contribution in [0.15, 0.2) is 47.8 Å². The molecule has 1 aliphatic carbocycles. The highest BCUT2D eigenvalue weighted by Crippen LogP contribution is 2.33. The van der Waals surface area contributed by atoms with Crippen LogP contribution in [0.4, 0.5) is 0 Å². The van der Waals surface area contributed by atoms with Crippen LogP contribution in [-0.4, -0.2) is 38.1 Å². The molecule has 0 saturated heterocycles. The summed E-state index contributed by atoms with van der Waals surface area (Å²) in [6, 6.07) is 14.4. The summed E-state index contributed by atoms with van der Waals surface area (Å²) in [5.41, 5.74) is 2.52. The molecule has 2 aliphatic rings. The molecule has 5 rings (SSSR count). The van der Waals surface area contributed by atoms with Gasteiger partial charge in [-0.2, -0.15) is 5.10 Å². The second-order valence-electron chi connectivity index (χ2n) is 10.4. The van der Waals surface area contributed by atoms with E-state index in [2.05, 4.69) is 43.4 Å². The molecule has 3 heterocycles. The number of fused-ring (bicyclic) bond motifs is 1. The monoisotopic (exact) mass is 490 g/mol. The van der Waals surface area contributed by atoms with Crippen molar-refractivity contribution in [3.63, 3.8) is 0 Å². The summed E-state index contributed by atoms with van der Waals surface area (Å²) >= 11 is 1.61. The Morgan fingerprint density at radius 1 is 1.17 bits per heavy atom. The molecular weight excluding hydrogens is 456 g/mol. The maximum absolute atomic E-state index is 13.8. The molecule has 0 unspecified atom stereocenters. The minimum atomic E-state index is -1.02. The van der Waals surface area contributed by atoms with E-state index in [0.29, 0.717) is 24.7 Å². The Morgan fingerprint density at radius 3 is 2.57 bits per heavy atom. The summed E-state index contributed by atoms with van der Waals surface area (Å²) in [5.74, 6) is 0.219. The first-order valence-electron chi connectivity index (χ1n) is 12.7. The van der Waals surface area contributed by atoms with Gasteiger partial charge in [-0.1, -0.05) is 63.4 Å². The molecule has 0 spiro atoms. The molecule has 2 aromatic heterocycles. The standard InChI is InChI=1S/C28H34N4O2S/c1-19(2)20-11-13-21(14-12-20)24-16-25-26(33)31(17-23-10-7-15-35-23)28(3,18-32(25)30-24)27(34)29-22-8-5-4-6-9-22/h7,10-16,19,22H,4-6,8-9,17-18H2,1-3H3,(H,29,34)/t28-/m0/s1. The number of amides is 2. The van der Waals surface area contributed by atoms with Gasteiger partial charge in [-0.05, 0) is 48.8 Å². The highest BCUT2D eigenvalue weighted by atomic mass is 32.1. The molecule has 1 aliphatic heterocycles. The SMILES string of the molecule is CC(C)c1ccc(-c2cc3n(n2)C[C@@](C)(C(=O)NC2CCCCC2)N(Cc2cccs2)C3=O)cc1. The molecule has 184 valence electrons. The molecule has 1 aromatic carbocycles. The van der Waals surface area contributed by atoms with Gasteiger partial charge in [0.25, 0.3) is 5.91 Å². The van der Waals surface area contributed by atoms with Crippen molar-refractivity contribution in [3.8, 4) is 11.3 Å². The molecule has 0 radical (unpaired) electrons. The first-order valence-corrected chi connectivity index (χ1v) is 13.6. The number of carbonyl (C=O) groups is 2. The third-order valence-electron chi connectivity index (χ3n) is 7.49. The zero-order valence-corrected chi connectivity index (χ0v) is 21.6. The van der Waals surface area contributed by atoms with Gasteiger partial charge in [-0.3, -0.25) is 14.3 Å². The number of hydrogen-bond donors (Lipinski definition) is 1. The maximum Gasteiger partial charge on any atom is 0.273 e. The van der Waals surface area contributed by atoms with Crippen molar-refractivity contribution in [2.24, 2.45) is 0 Å². The lowest BCUT2D eigenvalue weighted by Gasteiger charge is -2.43. The van der Waals surface area contributed by atoms with Gasteiger partial charge in [-0.15, -0.1) is 11.3 Å². The smallest absolute Gasteiger partial charge is 0.273 e. The Kier molecular flexibility index (Phi) is 6.53. The predicted molar refractivity (Wildman–Crippen MR) is 139 cm³/mol. The third kappa shape index (κ3) is 4.66. The van der Waals surface area contributed by atoms with Crippen LogP contribution < -0.4 is 5.32 Å². The molecule has 1 N–H and O–H groups in total. The third-order valence-corrected chi connectivity index (χ3v) is 8.36. The van der Waals surface area contributed by atoms with E-state index in [-0.39, 0.29) is 17.9 Å². The summed E-state index contributed by atoms with van der Waals surface area (Å²) in [7, 11) is 0. The molecule has 7 heteroatoms. The molecule has 35 heavy (non-hydrogen) atoms. The van der Waals surface area contributed by atoms with Crippen LogP contribution in [-0.2, 0) is 17.9 Å². The highest BCUT2D eigenvalue weighted by Gasteiger charge is 2.48. The van der Waals surface area contributed by atoms with E-state index in [1.54, 1.807) is 20.9 Å². The Hall–Kier alpha value is -2.93. The van der Waals surface area contributed by atoms with E-state index in [0.717, 1.165) is 41.8 Å². The maximum atomic E-state index is 13.8. The van der Waals surface area contributed by atoms with Crippen molar-refractivity contribution in [2.45, 2.75) is 83.5 Å². The first kappa shape index (κ1) is 23.8. The molecular formula is C28H34N4O2S. The summed E-state index contributed by atoms with van der Waals surface area (Å²) < 4.78 is 1.74. The Morgan fingerprint density at radius 2 is 1.91 bits per heavy atom. The molecule has 6 nitrogen and oxygen atoms in total. The molecule has 3 aromatic rings. The van der Waals surface area contributed by atoms with E-state index < -0.39 is 5.54 Å².